The molecule has 198 valence electrons. The van der Waals surface area contributed by atoms with Gasteiger partial charge in [-0.25, -0.2) is 4.79 Å². The zero-order valence-electron chi connectivity index (χ0n) is 22.8. The molecule has 1 saturated heterocycles. The Balaban J connectivity index is 0.00000420. The fourth-order valence-electron chi connectivity index (χ4n) is 4.75. The molecule has 0 aromatic heterocycles. The summed E-state index contributed by atoms with van der Waals surface area (Å²) in [5.74, 6) is -1.75. The maximum atomic E-state index is 13.5. The van der Waals surface area contributed by atoms with E-state index in [0.717, 1.165) is 24.9 Å². The molecule has 1 aliphatic rings. The van der Waals surface area contributed by atoms with E-state index >= 15 is 0 Å². The Morgan fingerprint density at radius 2 is 1.62 bits per heavy atom. The number of aliphatic hydroxyl groups excluding tert-OH is 1. The number of nitrogens with zero attached hydrogens (tertiary/aromatic N) is 3. The summed E-state index contributed by atoms with van der Waals surface area (Å²) in [6.07, 6.45) is 0.477. The molecular weight excluding hydrogens is 501 g/mol. The standard InChI is InChI=1S/C31H35N3O4.Na/c1-21(2)29(35)28(31(37)38)33-27(23-14-7-4-8-15-23)24-16-9-10-17-25(24)32-30(36)26-18-11-19-34(26)20-22-12-5-3-6-13-22;/h3-10,12-17,21,26,28-29,35H,11,18-20H2,1-2H3,(H,32,36)(H,37,38);/q;+1/p-1/t26-,28-,29+;/m0./s1. The van der Waals surface area contributed by atoms with Gasteiger partial charge in [0.05, 0.1) is 17.5 Å². The van der Waals surface area contributed by atoms with Crippen LogP contribution in [0.2, 0.25) is 0 Å². The number of carboxylic acid groups (broad SMARTS) is 1. The van der Waals surface area contributed by atoms with Gasteiger partial charge in [0.15, 0.2) is 6.04 Å². The first kappa shape index (κ1) is 30.7. The Hall–Kier alpha value is -2.81. The normalized spacial score (nSPS) is 18.0. The first-order chi connectivity index (χ1) is 18.3. The van der Waals surface area contributed by atoms with Crippen molar-refractivity contribution in [2.75, 3.05) is 6.54 Å². The predicted molar refractivity (Wildman–Crippen MR) is 148 cm³/mol. The van der Waals surface area contributed by atoms with Crippen LogP contribution in [0.25, 0.3) is 0 Å². The molecule has 4 rings (SSSR count). The van der Waals surface area contributed by atoms with Crippen LogP contribution in [-0.4, -0.2) is 57.4 Å². The quantitative estimate of drug-likeness (QED) is 0.229. The summed E-state index contributed by atoms with van der Waals surface area (Å²) in [6.45, 7) is 5.01. The summed E-state index contributed by atoms with van der Waals surface area (Å²) in [7, 11) is 0. The Morgan fingerprint density at radius 1 is 1.00 bits per heavy atom. The van der Waals surface area contributed by atoms with Gasteiger partial charge in [-0.15, -0.1) is 0 Å². The molecule has 0 saturated carbocycles. The minimum atomic E-state index is -1.37. The van der Waals surface area contributed by atoms with Gasteiger partial charge in [-0.1, -0.05) is 92.7 Å². The number of aliphatic imine (C=N–C) groups is 2. The van der Waals surface area contributed by atoms with E-state index in [0.29, 0.717) is 29.1 Å². The molecule has 7 nitrogen and oxygen atoms in total. The summed E-state index contributed by atoms with van der Waals surface area (Å²) >= 11 is 0. The average Bonchev–Trinajstić information content (AvgIpc) is 3.38. The van der Waals surface area contributed by atoms with Crippen LogP contribution >= 0.6 is 0 Å². The number of benzene rings is 3. The Bertz CT molecular complexity index is 1280. The van der Waals surface area contributed by atoms with Crippen molar-refractivity contribution in [3.8, 4) is 0 Å². The van der Waals surface area contributed by atoms with E-state index in [1.807, 2.05) is 54.6 Å². The maximum absolute atomic E-state index is 13.5. The molecule has 1 aliphatic heterocycles. The third-order valence-electron chi connectivity index (χ3n) is 6.84. The molecular formula is C31H34N3NaO4. The van der Waals surface area contributed by atoms with Crippen LogP contribution in [0.5, 0.6) is 0 Å². The minimum absolute atomic E-state index is 0. The monoisotopic (exact) mass is 535 g/mol. The molecule has 0 unspecified atom stereocenters. The number of likely N-dealkylation sites (tertiary alicyclic amines) is 1. The molecule has 39 heavy (non-hydrogen) atoms. The van der Waals surface area contributed by atoms with Crippen molar-refractivity contribution in [3.05, 3.63) is 102 Å². The number of hydrogen-bond acceptors (Lipinski definition) is 6. The van der Waals surface area contributed by atoms with Gasteiger partial charge in [-0.2, -0.15) is 0 Å². The number of aliphatic carboxylic acids is 1. The van der Waals surface area contributed by atoms with Crippen LogP contribution in [0.15, 0.2) is 94.9 Å². The van der Waals surface area contributed by atoms with Crippen molar-refractivity contribution in [2.45, 2.75) is 51.4 Å². The Morgan fingerprint density at radius 3 is 2.26 bits per heavy atom. The van der Waals surface area contributed by atoms with Crippen LogP contribution in [-0.2, 0) is 11.3 Å². The molecule has 0 radical (unpaired) electrons. The van der Waals surface area contributed by atoms with Crippen LogP contribution in [0.4, 0.5) is 5.69 Å². The van der Waals surface area contributed by atoms with Crippen molar-refractivity contribution in [1.29, 1.82) is 0 Å². The Labute approximate surface area is 252 Å². The van der Waals surface area contributed by atoms with Crippen molar-refractivity contribution in [2.24, 2.45) is 15.9 Å². The Kier molecular flexibility index (Phi) is 11.5. The summed E-state index contributed by atoms with van der Waals surface area (Å²) < 4.78 is 0. The second kappa shape index (κ2) is 14.5. The molecule has 8 heteroatoms. The SMILES string of the molecule is CC(C)[C@@H](O)[C@H](N=C(c1ccccc1)c1ccccc1N=C([O-])[C@@H]1CCCN1Cc1ccccc1)C(=O)O.[Na+]. The fraction of sp³-hybridized carbons (Fsp3) is 0.323. The van der Waals surface area contributed by atoms with Gasteiger partial charge in [-0.05, 0) is 42.8 Å². The molecule has 0 bridgehead atoms. The van der Waals surface area contributed by atoms with Crippen LogP contribution in [0, 0.1) is 5.92 Å². The van der Waals surface area contributed by atoms with Gasteiger partial charge >= 0.3 is 35.5 Å². The molecule has 2 N–H and O–H groups in total. The van der Waals surface area contributed by atoms with E-state index in [2.05, 4.69) is 27.0 Å². The first-order valence-electron chi connectivity index (χ1n) is 13.0. The van der Waals surface area contributed by atoms with Gasteiger partial charge in [0, 0.05) is 23.7 Å². The molecule has 0 amide bonds. The van der Waals surface area contributed by atoms with E-state index in [9.17, 15) is 20.1 Å². The molecule has 1 heterocycles. The number of hydrogen-bond donors (Lipinski definition) is 2. The first-order valence-corrected chi connectivity index (χ1v) is 13.0. The van der Waals surface area contributed by atoms with Gasteiger partial charge in [-0.3, -0.25) is 14.9 Å². The van der Waals surface area contributed by atoms with E-state index < -0.39 is 18.1 Å². The summed E-state index contributed by atoms with van der Waals surface area (Å²) in [5, 5.41) is 34.0. The summed E-state index contributed by atoms with van der Waals surface area (Å²) in [5.41, 5.74) is 3.17. The van der Waals surface area contributed by atoms with Crippen LogP contribution < -0.4 is 34.7 Å². The molecule has 1 fully saturated rings. The summed E-state index contributed by atoms with van der Waals surface area (Å²) in [6, 6.07) is 24.7. The second-order valence-electron chi connectivity index (χ2n) is 9.94. The van der Waals surface area contributed by atoms with E-state index in [4.69, 9.17) is 0 Å². The van der Waals surface area contributed by atoms with Crippen LogP contribution in [0.3, 0.4) is 0 Å². The average molecular weight is 536 g/mol. The van der Waals surface area contributed by atoms with Crippen LogP contribution in [0.1, 0.15) is 43.4 Å². The topological polar surface area (TPSA) is 109 Å². The largest absolute Gasteiger partial charge is 1.00 e. The van der Waals surface area contributed by atoms with Gasteiger partial charge in [0.25, 0.3) is 0 Å². The molecule has 3 aromatic carbocycles. The third kappa shape index (κ3) is 7.87. The van der Waals surface area contributed by atoms with Crippen molar-refractivity contribution < 1.29 is 49.7 Å². The van der Waals surface area contributed by atoms with Gasteiger partial charge < -0.3 is 15.3 Å². The van der Waals surface area contributed by atoms with E-state index in [-0.39, 0.29) is 47.4 Å². The van der Waals surface area contributed by atoms with Gasteiger partial charge in [0.1, 0.15) is 0 Å². The van der Waals surface area contributed by atoms with E-state index in [1.165, 1.54) is 0 Å². The molecule has 0 aliphatic carbocycles. The smallest absolute Gasteiger partial charge is 0.861 e. The van der Waals surface area contributed by atoms with Crippen molar-refractivity contribution in [1.82, 2.24) is 4.90 Å². The molecule has 3 aromatic rings. The number of carboxylic acids is 1. The number of para-hydroxylation sites is 1. The second-order valence-corrected chi connectivity index (χ2v) is 9.94. The van der Waals surface area contributed by atoms with Crippen molar-refractivity contribution in [3.63, 3.8) is 0 Å². The number of rotatable bonds is 10. The van der Waals surface area contributed by atoms with E-state index in [1.54, 1.807) is 32.0 Å². The predicted octanol–water partition coefficient (Wildman–Crippen LogP) is 1.05. The third-order valence-corrected chi connectivity index (χ3v) is 6.84. The number of carbonyl (C=O) groups is 1. The van der Waals surface area contributed by atoms with Gasteiger partial charge in [0.2, 0.25) is 0 Å². The minimum Gasteiger partial charge on any atom is -0.861 e. The molecule has 0 spiro atoms. The summed E-state index contributed by atoms with van der Waals surface area (Å²) in [4.78, 5) is 23.4. The van der Waals surface area contributed by atoms with Crippen molar-refractivity contribution >= 4 is 23.3 Å². The molecule has 3 atom stereocenters. The zero-order valence-corrected chi connectivity index (χ0v) is 24.8. The number of aliphatic hydroxyl groups is 1. The fourth-order valence-corrected chi connectivity index (χ4v) is 4.75. The zero-order chi connectivity index (χ0) is 27.1. The maximum Gasteiger partial charge on any atom is 1.00 e.